The second-order valence-corrected chi connectivity index (χ2v) is 5.62. The van der Waals surface area contributed by atoms with Crippen molar-refractivity contribution in [3.63, 3.8) is 0 Å². The average Bonchev–Trinajstić information content (AvgIpc) is 2.41. The van der Waals surface area contributed by atoms with Crippen LogP contribution in [0.15, 0.2) is 12.1 Å². The molecule has 2 N–H and O–H groups in total. The fraction of sp³-hybridized carbons (Fsp3) is 0.588. The first-order valence-electron chi connectivity index (χ1n) is 7.74. The number of hydrogen-bond donors (Lipinski definition) is 2. The summed E-state index contributed by atoms with van der Waals surface area (Å²) in [5, 5.41) is 12.1. The van der Waals surface area contributed by atoms with E-state index in [9.17, 15) is 4.79 Å². The molecular formula is C17H28N2O2. The van der Waals surface area contributed by atoms with Crippen LogP contribution in [-0.2, 0) is 0 Å². The van der Waals surface area contributed by atoms with Crippen molar-refractivity contribution in [2.24, 2.45) is 0 Å². The molecule has 0 radical (unpaired) electrons. The smallest absolute Gasteiger partial charge is 0.321 e. The van der Waals surface area contributed by atoms with Crippen molar-refractivity contribution < 1.29 is 9.90 Å². The van der Waals surface area contributed by atoms with Gasteiger partial charge in [0.1, 0.15) is 0 Å². The molecule has 0 heterocycles. The lowest BCUT2D eigenvalue weighted by Gasteiger charge is -2.23. The maximum atomic E-state index is 12.4. The van der Waals surface area contributed by atoms with Gasteiger partial charge in [-0.3, -0.25) is 0 Å². The Morgan fingerprint density at radius 1 is 1.14 bits per heavy atom. The Kier molecular flexibility index (Phi) is 7.23. The van der Waals surface area contributed by atoms with Crippen molar-refractivity contribution in [3.05, 3.63) is 28.8 Å². The number of hydrogen-bond acceptors (Lipinski definition) is 2. The van der Waals surface area contributed by atoms with Crippen molar-refractivity contribution >= 4 is 11.7 Å². The normalized spacial score (nSPS) is 10.5. The molecule has 0 fully saturated rings. The van der Waals surface area contributed by atoms with Gasteiger partial charge >= 0.3 is 6.03 Å². The molecule has 0 spiro atoms. The molecule has 1 rings (SSSR count). The van der Waals surface area contributed by atoms with Gasteiger partial charge in [0.15, 0.2) is 0 Å². The lowest BCUT2D eigenvalue weighted by Crippen LogP contribution is -2.38. The van der Waals surface area contributed by atoms with E-state index in [1.807, 2.05) is 13.8 Å². The Morgan fingerprint density at radius 2 is 1.76 bits per heavy atom. The summed E-state index contributed by atoms with van der Waals surface area (Å²) in [6.07, 6.45) is 3.18. The van der Waals surface area contributed by atoms with Crippen molar-refractivity contribution in [1.29, 1.82) is 0 Å². The van der Waals surface area contributed by atoms with Gasteiger partial charge in [-0.15, -0.1) is 0 Å². The zero-order chi connectivity index (χ0) is 15.8. The minimum absolute atomic E-state index is 0.00852. The summed E-state index contributed by atoms with van der Waals surface area (Å²) in [6, 6.07) is 4.00. The summed E-state index contributed by atoms with van der Waals surface area (Å²) in [4.78, 5) is 14.1. The Labute approximate surface area is 128 Å². The van der Waals surface area contributed by atoms with Crippen LogP contribution in [0.5, 0.6) is 0 Å². The fourth-order valence-corrected chi connectivity index (χ4v) is 2.55. The van der Waals surface area contributed by atoms with Gasteiger partial charge in [0.2, 0.25) is 0 Å². The molecule has 1 aromatic rings. The maximum Gasteiger partial charge on any atom is 0.321 e. The lowest BCUT2D eigenvalue weighted by atomic mass is 10.1. The largest absolute Gasteiger partial charge is 0.395 e. The molecule has 0 aliphatic carbocycles. The molecule has 4 heteroatoms. The van der Waals surface area contributed by atoms with E-state index in [4.69, 9.17) is 5.11 Å². The summed E-state index contributed by atoms with van der Waals surface area (Å²) in [7, 11) is 0. The van der Waals surface area contributed by atoms with Gasteiger partial charge in [-0.1, -0.05) is 37.5 Å². The van der Waals surface area contributed by atoms with E-state index < -0.39 is 0 Å². The first-order valence-corrected chi connectivity index (χ1v) is 7.74. The first kappa shape index (κ1) is 17.5. The molecule has 0 atom stereocenters. The number of aliphatic hydroxyl groups is 1. The number of nitrogens with zero attached hydrogens (tertiary/aromatic N) is 1. The summed E-state index contributed by atoms with van der Waals surface area (Å²) >= 11 is 0. The molecule has 1 aromatic carbocycles. The minimum Gasteiger partial charge on any atom is -0.395 e. The van der Waals surface area contributed by atoms with Crippen LogP contribution in [0.4, 0.5) is 10.5 Å². The van der Waals surface area contributed by atoms with Gasteiger partial charge < -0.3 is 15.3 Å². The van der Waals surface area contributed by atoms with E-state index in [0.717, 1.165) is 36.1 Å². The highest BCUT2D eigenvalue weighted by Crippen LogP contribution is 2.22. The van der Waals surface area contributed by atoms with E-state index >= 15 is 0 Å². The van der Waals surface area contributed by atoms with E-state index in [2.05, 4.69) is 31.3 Å². The molecule has 4 nitrogen and oxygen atoms in total. The van der Waals surface area contributed by atoms with Crippen LogP contribution in [-0.4, -0.2) is 35.7 Å². The quantitative estimate of drug-likeness (QED) is 0.754. The Balaban J connectivity index is 2.76. The molecule has 0 unspecified atom stereocenters. The predicted octanol–water partition coefficient (Wildman–Crippen LogP) is 3.63. The molecule has 0 aliphatic heterocycles. The van der Waals surface area contributed by atoms with Gasteiger partial charge in [-0.05, 0) is 38.3 Å². The molecule has 0 bridgehead atoms. The molecule has 21 heavy (non-hydrogen) atoms. The first-order chi connectivity index (χ1) is 9.99. The van der Waals surface area contributed by atoms with E-state index in [-0.39, 0.29) is 12.6 Å². The predicted molar refractivity (Wildman–Crippen MR) is 87.9 cm³/mol. The van der Waals surface area contributed by atoms with Crippen LogP contribution in [0.3, 0.4) is 0 Å². The molecule has 0 aliphatic rings. The van der Waals surface area contributed by atoms with Crippen LogP contribution in [0.1, 0.15) is 42.9 Å². The summed E-state index contributed by atoms with van der Waals surface area (Å²) in [6.45, 7) is 9.24. The zero-order valence-corrected chi connectivity index (χ0v) is 13.7. The van der Waals surface area contributed by atoms with Crippen molar-refractivity contribution in [2.45, 2.75) is 47.0 Å². The SMILES string of the molecule is CCCCCN(CCO)C(=O)Nc1c(C)cc(C)cc1C. The summed E-state index contributed by atoms with van der Waals surface area (Å²) < 4.78 is 0. The third-order valence-electron chi connectivity index (χ3n) is 3.60. The van der Waals surface area contributed by atoms with E-state index in [1.54, 1.807) is 4.90 Å². The number of anilines is 1. The maximum absolute atomic E-state index is 12.4. The van der Waals surface area contributed by atoms with Gasteiger partial charge in [0.05, 0.1) is 6.61 Å². The summed E-state index contributed by atoms with van der Waals surface area (Å²) in [5.74, 6) is 0. The average molecular weight is 292 g/mol. The number of rotatable bonds is 7. The van der Waals surface area contributed by atoms with Crippen molar-refractivity contribution in [2.75, 3.05) is 25.0 Å². The molecule has 2 amide bonds. The van der Waals surface area contributed by atoms with Crippen LogP contribution in [0.25, 0.3) is 0 Å². The Morgan fingerprint density at radius 3 is 2.29 bits per heavy atom. The highest BCUT2D eigenvalue weighted by Gasteiger charge is 2.15. The second kappa shape index (κ2) is 8.67. The van der Waals surface area contributed by atoms with E-state index in [0.29, 0.717) is 13.1 Å². The Hall–Kier alpha value is -1.55. The number of urea groups is 1. The number of carbonyl (C=O) groups excluding carboxylic acids is 1. The van der Waals surface area contributed by atoms with Gasteiger partial charge in [0.25, 0.3) is 0 Å². The monoisotopic (exact) mass is 292 g/mol. The van der Waals surface area contributed by atoms with E-state index in [1.165, 1.54) is 5.56 Å². The zero-order valence-electron chi connectivity index (χ0n) is 13.7. The van der Waals surface area contributed by atoms with Crippen LogP contribution in [0, 0.1) is 20.8 Å². The number of nitrogens with one attached hydrogen (secondary N) is 1. The number of unbranched alkanes of at least 4 members (excludes halogenated alkanes) is 2. The second-order valence-electron chi connectivity index (χ2n) is 5.62. The number of aliphatic hydroxyl groups excluding tert-OH is 1. The summed E-state index contributed by atoms with van der Waals surface area (Å²) in [5.41, 5.74) is 4.21. The van der Waals surface area contributed by atoms with Gasteiger partial charge in [0, 0.05) is 18.8 Å². The minimum atomic E-state index is -0.129. The fourth-order valence-electron chi connectivity index (χ4n) is 2.55. The van der Waals surface area contributed by atoms with Crippen LogP contribution in [0.2, 0.25) is 0 Å². The highest BCUT2D eigenvalue weighted by atomic mass is 16.3. The number of amides is 2. The van der Waals surface area contributed by atoms with Crippen molar-refractivity contribution in [1.82, 2.24) is 4.90 Å². The number of carbonyl (C=O) groups is 1. The molecule has 0 saturated carbocycles. The van der Waals surface area contributed by atoms with Gasteiger partial charge in [-0.25, -0.2) is 4.79 Å². The standard InChI is InChI=1S/C17H28N2O2/c1-5-6-7-8-19(9-10-20)17(21)18-16-14(3)11-13(2)12-15(16)4/h11-12,20H,5-10H2,1-4H3,(H,18,21). The van der Waals surface area contributed by atoms with Crippen LogP contribution >= 0.6 is 0 Å². The molecule has 0 aromatic heterocycles. The molecule has 0 saturated heterocycles. The lowest BCUT2D eigenvalue weighted by molar-refractivity contribution is 0.187. The molecular weight excluding hydrogens is 264 g/mol. The Bertz CT molecular complexity index is 449. The third-order valence-corrected chi connectivity index (χ3v) is 3.60. The van der Waals surface area contributed by atoms with Crippen molar-refractivity contribution in [3.8, 4) is 0 Å². The van der Waals surface area contributed by atoms with Crippen LogP contribution < -0.4 is 5.32 Å². The number of benzene rings is 1. The third kappa shape index (κ3) is 5.38. The van der Waals surface area contributed by atoms with Gasteiger partial charge in [-0.2, -0.15) is 0 Å². The highest BCUT2D eigenvalue weighted by molar-refractivity contribution is 5.91. The number of aryl methyl sites for hydroxylation is 3. The molecule has 118 valence electrons. The topological polar surface area (TPSA) is 52.6 Å².